The number of benzene rings is 2. The van der Waals surface area contributed by atoms with Crippen LogP contribution in [0.25, 0.3) is 22.0 Å². The third-order valence-electron chi connectivity index (χ3n) is 4.83. The van der Waals surface area contributed by atoms with Crippen LogP contribution in [0.2, 0.25) is 0 Å². The molecule has 0 radical (unpaired) electrons. The van der Waals surface area contributed by atoms with Crippen LogP contribution in [0, 0.1) is 0 Å². The van der Waals surface area contributed by atoms with E-state index in [0.717, 1.165) is 60.3 Å². The lowest BCUT2D eigenvalue weighted by Gasteiger charge is -2.04. The molecule has 5 heteroatoms. The maximum absolute atomic E-state index is 11.2. The molecule has 0 aliphatic heterocycles. The molecule has 3 aromatic rings. The average Bonchev–Trinajstić information content (AvgIpc) is 3.18. The molecule has 0 aliphatic rings. The fourth-order valence-electron chi connectivity index (χ4n) is 3.21. The second kappa shape index (κ2) is 9.21. The van der Waals surface area contributed by atoms with E-state index < -0.39 is 0 Å². The van der Waals surface area contributed by atoms with Gasteiger partial charge < -0.3 is 15.0 Å². The lowest BCUT2D eigenvalue weighted by atomic mass is 10.1. The molecule has 1 amide bonds. The number of aromatic nitrogens is 2. The Bertz CT molecular complexity index is 901. The Kier molecular flexibility index (Phi) is 6.47. The molecular weight excluding hydrogens is 338 g/mol. The minimum absolute atomic E-state index is 0.125. The van der Waals surface area contributed by atoms with Crippen molar-refractivity contribution in [3.8, 4) is 17.0 Å². The van der Waals surface area contributed by atoms with E-state index in [0.29, 0.717) is 6.42 Å². The Morgan fingerprint density at radius 3 is 2.67 bits per heavy atom. The lowest BCUT2D eigenvalue weighted by Crippen LogP contribution is -2.16. The van der Waals surface area contributed by atoms with Crippen LogP contribution in [0.1, 0.15) is 37.9 Å². The molecule has 1 aromatic heterocycles. The van der Waals surface area contributed by atoms with Gasteiger partial charge in [0.1, 0.15) is 11.6 Å². The van der Waals surface area contributed by atoms with Crippen LogP contribution in [0.15, 0.2) is 42.6 Å². The van der Waals surface area contributed by atoms with Crippen LogP contribution in [0.5, 0.6) is 5.75 Å². The minimum atomic E-state index is 0.125. The van der Waals surface area contributed by atoms with Crippen molar-refractivity contribution in [2.75, 3.05) is 14.2 Å². The minimum Gasteiger partial charge on any atom is -0.497 e. The molecule has 0 spiro atoms. The number of nitrogens with zero attached hydrogens (tertiary/aromatic N) is 1. The topological polar surface area (TPSA) is 67.0 Å². The van der Waals surface area contributed by atoms with Gasteiger partial charge in [-0.3, -0.25) is 4.79 Å². The molecule has 27 heavy (non-hydrogen) atoms. The summed E-state index contributed by atoms with van der Waals surface area (Å²) >= 11 is 0. The van der Waals surface area contributed by atoms with Crippen molar-refractivity contribution in [1.29, 1.82) is 0 Å². The van der Waals surface area contributed by atoms with Crippen LogP contribution in [0.3, 0.4) is 0 Å². The highest BCUT2D eigenvalue weighted by atomic mass is 16.5. The number of ether oxygens (including phenoxy) is 1. The van der Waals surface area contributed by atoms with Crippen molar-refractivity contribution in [2.24, 2.45) is 0 Å². The number of aryl methyl sites for hydroxylation is 1. The van der Waals surface area contributed by atoms with Gasteiger partial charge in [0.15, 0.2) is 0 Å². The van der Waals surface area contributed by atoms with Crippen LogP contribution in [0.4, 0.5) is 0 Å². The zero-order valence-corrected chi connectivity index (χ0v) is 16.0. The third kappa shape index (κ3) is 5.09. The molecule has 2 aromatic carbocycles. The first kappa shape index (κ1) is 19.0. The summed E-state index contributed by atoms with van der Waals surface area (Å²) in [4.78, 5) is 19.1. The molecule has 2 N–H and O–H groups in total. The number of fused-ring (bicyclic) bond motifs is 1. The number of unbranched alkanes of at least 4 members (excludes halogenated alkanes) is 3. The number of carbonyl (C=O) groups excluding carboxylic acids is 1. The van der Waals surface area contributed by atoms with E-state index in [1.54, 1.807) is 14.2 Å². The van der Waals surface area contributed by atoms with Crippen molar-refractivity contribution in [3.05, 3.63) is 48.4 Å². The van der Waals surface area contributed by atoms with Crippen molar-refractivity contribution in [2.45, 2.75) is 38.5 Å². The molecule has 0 bridgehead atoms. The second-order valence-corrected chi connectivity index (χ2v) is 6.76. The number of hydrogen-bond acceptors (Lipinski definition) is 3. The Hall–Kier alpha value is -2.82. The van der Waals surface area contributed by atoms with E-state index in [4.69, 9.17) is 4.74 Å². The van der Waals surface area contributed by atoms with Gasteiger partial charge in [0.2, 0.25) is 5.91 Å². The van der Waals surface area contributed by atoms with E-state index in [1.807, 2.05) is 18.3 Å². The zero-order chi connectivity index (χ0) is 19.1. The van der Waals surface area contributed by atoms with Gasteiger partial charge in [-0.15, -0.1) is 0 Å². The summed E-state index contributed by atoms with van der Waals surface area (Å²) in [7, 11) is 3.37. The fraction of sp³-hybridized carbons (Fsp3) is 0.364. The van der Waals surface area contributed by atoms with E-state index in [1.165, 1.54) is 5.39 Å². The smallest absolute Gasteiger partial charge is 0.219 e. The summed E-state index contributed by atoms with van der Waals surface area (Å²) < 4.78 is 5.28. The van der Waals surface area contributed by atoms with Crippen molar-refractivity contribution < 1.29 is 9.53 Å². The van der Waals surface area contributed by atoms with Gasteiger partial charge in [0.05, 0.1) is 19.0 Å². The SMILES string of the molecule is CNC(=O)CCCCCCc1ncc(-c2ccc3cc(OC)ccc3c2)[nH]1. The summed E-state index contributed by atoms with van der Waals surface area (Å²) in [6.45, 7) is 0. The summed E-state index contributed by atoms with van der Waals surface area (Å²) in [6, 6.07) is 12.5. The lowest BCUT2D eigenvalue weighted by molar-refractivity contribution is -0.120. The maximum atomic E-state index is 11.2. The molecule has 0 fully saturated rings. The van der Waals surface area contributed by atoms with Gasteiger partial charge in [-0.2, -0.15) is 0 Å². The van der Waals surface area contributed by atoms with E-state index in [2.05, 4.69) is 39.6 Å². The highest BCUT2D eigenvalue weighted by Gasteiger charge is 2.05. The van der Waals surface area contributed by atoms with Crippen molar-refractivity contribution in [1.82, 2.24) is 15.3 Å². The molecule has 5 nitrogen and oxygen atoms in total. The summed E-state index contributed by atoms with van der Waals surface area (Å²) in [6.07, 6.45) is 7.69. The van der Waals surface area contributed by atoms with E-state index in [-0.39, 0.29) is 5.91 Å². The standard InChI is InChI=1S/C22H27N3O2/c1-23-22(26)8-6-4-3-5-7-21-24-15-20(25-21)18-10-9-17-14-19(27-2)12-11-16(17)13-18/h9-15H,3-8H2,1-2H3,(H,23,26)(H,24,25). The molecule has 1 heterocycles. The summed E-state index contributed by atoms with van der Waals surface area (Å²) in [5.41, 5.74) is 2.18. The Morgan fingerprint density at radius 2 is 1.85 bits per heavy atom. The molecule has 0 saturated carbocycles. The fourth-order valence-corrected chi connectivity index (χ4v) is 3.21. The van der Waals surface area contributed by atoms with Crippen molar-refractivity contribution >= 4 is 16.7 Å². The van der Waals surface area contributed by atoms with Crippen LogP contribution < -0.4 is 10.1 Å². The molecule has 142 valence electrons. The number of aromatic amines is 1. The first-order chi connectivity index (χ1) is 13.2. The highest BCUT2D eigenvalue weighted by Crippen LogP contribution is 2.26. The molecule has 0 unspecified atom stereocenters. The molecule has 3 rings (SSSR count). The normalized spacial score (nSPS) is 10.9. The zero-order valence-electron chi connectivity index (χ0n) is 16.0. The maximum Gasteiger partial charge on any atom is 0.219 e. The largest absolute Gasteiger partial charge is 0.497 e. The predicted molar refractivity (Wildman–Crippen MR) is 109 cm³/mol. The number of imidazole rings is 1. The number of rotatable bonds is 9. The Labute approximate surface area is 160 Å². The van der Waals surface area contributed by atoms with Crippen LogP contribution in [-0.4, -0.2) is 30.0 Å². The number of amides is 1. The highest BCUT2D eigenvalue weighted by molar-refractivity contribution is 5.87. The number of H-pyrrole nitrogens is 1. The van der Waals surface area contributed by atoms with Crippen LogP contribution >= 0.6 is 0 Å². The van der Waals surface area contributed by atoms with Gasteiger partial charge in [-0.1, -0.05) is 31.0 Å². The second-order valence-electron chi connectivity index (χ2n) is 6.76. The number of hydrogen-bond donors (Lipinski definition) is 2. The quantitative estimate of drug-likeness (QED) is 0.550. The number of nitrogens with one attached hydrogen (secondary N) is 2. The first-order valence-corrected chi connectivity index (χ1v) is 9.52. The summed E-state index contributed by atoms with van der Waals surface area (Å²) in [5.74, 6) is 2.01. The van der Waals surface area contributed by atoms with Gasteiger partial charge in [0.25, 0.3) is 0 Å². The van der Waals surface area contributed by atoms with Crippen molar-refractivity contribution in [3.63, 3.8) is 0 Å². The Balaban J connectivity index is 1.54. The van der Waals surface area contributed by atoms with Gasteiger partial charge in [0, 0.05) is 25.5 Å². The number of methoxy groups -OCH3 is 1. The van der Waals surface area contributed by atoms with Gasteiger partial charge >= 0.3 is 0 Å². The van der Waals surface area contributed by atoms with E-state index >= 15 is 0 Å². The van der Waals surface area contributed by atoms with E-state index in [9.17, 15) is 4.79 Å². The van der Waals surface area contributed by atoms with Gasteiger partial charge in [-0.05, 0) is 41.8 Å². The third-order valence-corrected chi connectivity index (χ3v) is 4.83. The van der Waals surface area contributed by atoms with Gasteiger partial charge in [-0.25, -0.2) is 4.98 Å². The average molecular weight is 365 g/mol. The summed E-state index contributed by atoms with van der Waals surface area (Å²) in [5, 5.41) is 5.00. The Morgan fingerprint density at radius 1 is 1.07 bits per heavy atom. The predicted octanol–water partition coefficient (Wildman–Crippen LogP) is 4.48. The molecule has 0 saturated heterocycles. The molecular formula is C22H27N3O2. The van der Waals surface area contributed by atoms with Crippen LogP contribution in [-0.2, 0) is 11.2 Å². The molecule has 0 atom stereocenters. The number of carbonyl (C=O) groups is 1. The molecule has 0 aliphatic carbocycles. The monoisotopic (exact) mass is 365 g/mol. The first-order valence-electron chi connectivity index (χ1n) is 9.52.